The average Bonchev–Trinajstić information content (AvgIpc) is 2.87. The molecule has 3 rings (SSSR count). The summed E-state index contributed by atoms with van der Waals surface area (Å²) in [6.07, 6.45) is 3.05. The van der Waals surface area contributed by atoms with Gasteiger partial charge in [0, 0.05) is 43.1 Å². The molecule has 1 fully saturated rings. The Morgan fingerprint density at radius 2 is 1.78 bits per heavy atom. The Balaban J connectivity index is 1.50. The Hall–Kier alpha value is -3.66. The van der Waals surface area contributed by atoms with Crippen LogP contribution in [0.3, 0.4) is 0 Å². The minimum Gasteiger partial charge on any atom is -0.496 e. The van der Waals surface area contributed by atoms with E-state index in [2.05, 4.69) is 17.3 Å². The number of likely N-dealkylation sites (N-methyl/N-ethyl adjacent to an activating group) is 1. The number of ether oxygens (including phenoxy) is 2. The molecule has 0 radical (unpaired) electrons. The second-order valence-corrected chi connectivity index (χ2v) is 9.31. The second kappa shape index (κ2) is 13.6. The summed E-state index contributed by atoms with van der Waals surface area (Å²) in [6, 6.07) is 10.1. The van der Waals surface area contributed by atoms with Gasteiger partial charge in [-0.15, -0.1) is 0 Å². The van der Waals surface area contributed by atoms with Crippen molar-refractivity contribution in [3.63, 3.8) is 0 Å². The molecule has 1 saturated heterocycles. The van der Waals surface area contributed by atoms with Gasteiger partial charge in [0.25, 0.3) is 5.91 Å². The fourth-order valence-electron chi connectivity index (χ4n) is 4.15. The van der Waals surface area contributed by atoms with Crippen molar-refractivity contribution in [3.05, 3.63) is 63.2 Å². The van der Waals surface area contributed by atoms with Gasteiger partial charge in [-0.1, -0.05) is 6.07 Å². The van der Waals surface area contributed by atoms with Gasteiger partial charge in [0.05, 0.1) is 25.0 Å². The fourth-order valence-corrected chi connectivity index (χ4v) is 4.15. The van der Waals surface area contributed by atoms with Crippen LogP contribution in [0, 0.1) is 17.0 Å². The van der Waals surface area contributed by atoms with Crippen LogP contribution >= 0.6 is 0 Å². The molecular weight excluding hydrogens is 476 g/mol. The van der Waals surface area contributed by atoms with Crippen LogP contribution in [0.2, 0.25) is 0 Å². The largest absolute Gasteiger partial charge is 0.496 e. The maximum atomic E-state index is 12.9. The molecule has 1 heterocycles. The van der Waals surface area contributed by atoms with Crippen LogP contribution in [-0.4, -0.2) is 73.5 Å². The predicted octanol–water partition coefficient (Wildman–Crippen LogP) is 3.75. The number of hydrogen-bond acceptors (Lipinski definition) is 7. The number of nitrogens with zero attached hydrogens (tertiary/aromatic N) is 3. The normalized spacial score (nSPS) is 13.8. The maximum Gasteiger partial charge on any atom is 0.255 e. The van der Waals surface area contributed by atoms with Crippen LogP contribution in [-0.2, 0) is 11.3 Å². The van der Waals surface area contributed by atoms with Crippen molar-refractivity contribution in [2.45, 2.75) is 39.2 Å². The number of nitrogens with one attached hydrogen (secondary N) is 1. The van der Waals surface area contributed by atoms with Crippen molar-refractivity contribution < 1.29 is 24.0 Å². The van der Waals surface area contributed by atoms with Gasteiger partial charge in [0.15, 0.2) is 0 Å². The first-order valence-corrected chi connectivity index (χ1v) is 12.6. The first-order chi connectivity index (χ1) is 17.8. The number of anilines is 1. The van der Waals surface area contributed by atoms with Crippen molar-refractivity contribution >= 4 is 17.5 Å². The van der Waals surface area contributed by atoms with Gasteiger partial charge in [-0.3, -0.25) is 19.7 Å². The lowest BCUT2D eigenvalue weighted by atomic mass is 10.1. The van der Waals surface area contributed by atoms with Crippen LogP contribution < -0.4 is 14.8 Å². The third-order valence-electron chi connectivity index (χ3n) is 6.38. The maximum absolute atomic E-state index is 12.9. The molecule has 2 aromatic carbocycles. The average molecular weight is 513 g/mol. The number of methoxy groups -OCH3 is 1. The van der Waals surface area contributed by atoms with E-state index in [4.69, 9.17) is 9.47 Å². The molecule has 10 nitrogen and oxygen atoms in total. The summed E-state index contributed by atoms with van der Waals surface area (Å²) in [6.45, 7) is 5.49. The van der Waals surface area contributed by atoms with E-state index < -0.39 is 4.92 Å². The summed E-state index contributed by atoms with van der Waals surface area (Å²) in [5.41, 5.74) is 2.25. The molecule has 1 aliphatic heterocycles. The number of piperazine rings is 1. The van der Waals surface area contributed by atoms with E-state index in [1.807, 2.05) is 24.0 Å². The van der Waals surface area contributed by atoms with Crippen molar-refractivity contribution in [1.82, 2.24) is 9.80 Å². The van der Waals surface area contributed by atoms with E-state index in [0.717, 1.165) is 51.0 Å². The molecule has 1 aliphatic rings. The highest BCUT2D eigenvalue weighted by molar-refractivity contribution is 6.05. The molecule has 0 unspecified atom stereocenters. The first kappa shape index (κ1) is 27.9. The zero-order chi connectivity index (χ0) is 26.8. The van der Waals surface area contributed by atoms with Gasteiger partial charge in [0.2, 0.25) is 12.5 Å². The summed E-state index contributed by atoms with van der Waals surface area (Å²) in [5, 5.41) is 13.7. The van der Waals surface area contributed by atoms with Crippen molar-refractivity contribution in [1.29, 1.82) is 0 Å². The number of amides is 2. The Morgan fingerprint density at radius 3 is 2.49 bits per heavy atom. The Bertz CT molecular complexity index is 1100. The molecule has 1 N–H and O–H groups in total. The summed E-state index contributed by atoms with van der Waals surface area (Å²) in [4.78, 5) is 39.8. The van der Waals surface area contributed by atoms with Crippen molar-refractivity contribution in [2.24, 2.45) is 0 Å². The van der Waals surface area contributed by atoms with Gasteiger partial charge in [-0.25, -0.2) is 0 Å². The smallest absolute Gasteiger partial charge is 0.255 e. The van der Waals surface area contributed by atoms with Gasteiger partial charge in [0.1, 0.15) is 11.5 Å². The number of rotatable bonds is 12. The number of unbranched alkanes of at least 4 members (excludes halogenated alkanes) is 2. The van der Waals surface area contributed by atoms with Crippen LogP contribution in [0.5, 0.6) is 11.5 Å². The van der Waals surface area contributed by atoms with Gasteiger partial charge in [-0.05, 0) is 69.1 Å². The highest BCUT2D eigenvalue weighted by Crippen LogP contribution is 2.28. The van der Waals surface area contributed by atoms with E-state index in [9.17, 15) is 19.7 Å². The number of aryl methyl sites for hydroxylation is 1. The van der Waals surface area contributed by atoms with Crippen LogP contribution in [0.15, 0.2) is 36.4 Å². The molecule has 2 amide bonds. The number of carbonyl (C=O) groups excluding carboxylic acids is 2. The number of carbonyl (C=O) groups is 2. The molecule has 0 bridgehead atoms. The minimum absolute atomic E-state index is 0.223. The quantitative estimate of drug-likeness (QED) is 0.262. The topological polar surface area (TPSA) is 114 Å². The first-order valence-electron chi connectivity index (χ1n) is 12.6. The van der Waals surface area contributed by atoms with E-state index >= 15 is 0 Å². The lowest BCUT2D eigenvalue weighted by Gasteiger charge is -2.32. The van der Waals surface area contributed by atoms with E-state index in [1.54, 1.807) is 6.07 Å². The Kier molecular flexibility index (Phi) is 10.3. The molecule has 200 valence electrons. The summed E-state index contributed by atoms with van der Waals surface area (Å²) in [7, 11) is 3.48. The Morgan fingerprint density at radius 1 is 1.03 bits per heavy atom. The van der Waals surface area contributed by atoms with Crippen molar-refractivity contribution in [3.8, 4) is 11.5 Å². The lowest BCUT2D eigenvalue weighted by Crippen LogP contribution is -2.47. The van der Waals surface area contributed by atoms with E-state index in [0.29, 0.717) is 35.6 Å². The SMILES string of the molecule is COc1cc(C(=O)Nc2ccc(C)cc2OCCCCCC(=O)N2CCN(C)CC2)ccc1C[N+](=O)[O-]. The van der Waals surface area contributed by atoms with Gasteiger partial charge >= 0.3 is 0 Å². The zero-order valence-electron chi connectivity index (χ0n) is 21.8. The molecule has 10 heteroatoms. The van der Waals surface area contributed by atoms with E-state index in [-0.39, 0.29) is 24.1 Å². The second-order valence-electron chi connectivity index (χ2n) is 9.31. The Labute approximate surface area is 217 Å². The summed E-state index contributed by atoms with van der Waals surface area (Å²) < 4.78 is 11.2. The molecule has 37 heavy (non-hydrogen) atoms. The molecule has 2 aromatic rings. The number of benzene rings is 2. The fraction of sp³-hybridized carbons (Fsp3) is 0.481. The third kappa shape index (κ3) is 8.45. The van der Waals surface area contributed by atoms with Crippen molar-refractivity contribution in [2.75, 3.05) is 52.3 Å². The van der Waals surface area contributed by atoms with Crippen LogP contribution in [0.25, 0.3) is 0 Å². The summed E-state index contributed by atoms with van der Waals surface area (Å²) in [5.74, 6) is 0.706. The molecule has 0 aliphatic carbocycles. The third-order valence-corrected chi connectivity index (χ3v) is 6.38. The molecular formula is C27H36N4O6. The summed E-state index contributed by atoms with van der Waals surface area (Å²) >= 11 is 0. The van der Waals surface area contributed by atoms with E-state index in [1.165, 1.54) is 25.3 Å². The molecule has 0 aromatic heterocycles. The minimum atomic E-state index is -0.445. The molecule has 0 atom stereocenters. The highest BCUT2D eigenvalue weighted by atomic mass is 16.6. The van der Waals surface area contributed by atoms with Crippen LogP contribution in [0.4, 0.5) is 5.69 Å². The molecule has 0 saturated carbocycles. The lowest BCUT2D eigenvalue weighted by molar-refractivity contribution is -0.496. The molecule has 0 spiro atoms. The van der Waals surface area contributed by atoms with Gasteiger partial charge in [-0.2, -0.15) is 0 Å². The predicted molar refractivity (Wildman–Crippen MR) is 141 cm³/mol. The monoisotopic (exact) mass is 512 g/mol. The van der Waals surface area contributed by atoms with Gasteiger partial charge < -0.3 is 24.6 Å². The standard InChI is InChI=1S/C27H36N4O6/c1-20-8-11-23(28-27(33)21-9-10-22(19-31(34)35)24(18-21)36-3)25(17-20)37-16-6-4-5-7-26(32)30-14-12-29(2)13-15-30/h8-11,17-18H,4-7,12-16,19H2,1-3H3,(H,28,33). The number of nitro groups is 1. The number of hydrogen-bond donors (Lipinski definition) is 1. The van der Waals surface area contributed by atoms with Crippen LogP contribution in [0.1, 0.15) is 47.2 Å². The highest BCUT2D eigenvalue weighted by Gasteiger charge is 2.18. The zero-order valence-corrected chi connectivity index (χ0v) is 21.8.